The van der Waals surface area contributed by atoms with Crippen LogP contribution in [0.2, 0.25) is 0 Å². The van der Waals surface area contributed by atoms with Crippen LogP contribution in [0.25, 0.3) is 0 Å². The van der Waals surface area contributed by atoms with E-state index in [1.807, 2.05) is 0 Å². The normalized spacial score (nSPS) is 18.4. The zero-order valence-electron chi connectivity index (χ0n) is 9.00. The van der Waals surface area contributed by atoms with Crippen LogP contribution in [0.1, 0.15) is 11.7 Å². The molecular weight excluding hydrogens is 228 g/mol. The van der Waals surface area contributed by atoms with Gasteiger partial charge in [-0.2, -0.15) is 0 Å². The van der Waals surface area contributed by atoms with E-state index in [1.165, 1.54) is 19.2 Å². The van der Waals surface area contributed by atoms with Crippen LogP contribution in [0.15, 0.2) is 18.2 Å². The highest BCUT2D eigenvalue weighted by Crippen LogP contribution is 2.32. The third-order valence-electron chi connectivity index (χ3n) is 2.46. The number of alkyl carbamates (subject to hydrolysis) is 1. The predicted octanol–water partition coefficient (Wildman–Crippen LogP) is 1.38. The molecule has 2 rings (SSSR count). The number of methoxy groups -OCH3 is 1. The minimum Gasteiger partial charge on any atom is -0.497 e. The largest absolute Gasteiger partial charge is 0.497 e. The molecule has 90 valence electrons. The number of nitro groups is 1. The molecule has 0 bridgehead atoms. The molecule has 1 aliphatic heterocycles. The lowest BCUT2D eigenvalue weighted by Crippen LogP contribution is -2.12. The molecule has 1 N–H and O–H groups in total. The lowest BCUT2D eigenvalue weighted by molar-refractivity contribution is -0.386. The molecule has 1 aromatic carbocycles. The van der Waals surface area contributed by atoms with Crippen LogP contribution < -0.4 is 10.1 Å². The highest BCUT2D eigenvalue weighted by molar-refractivity contribution is 5.70. The van der Waals surface area contributed by atoms with Gasteiger partial charge >= 0.3 is 6.09 Å². The van der Waals surface area contributed by atoms with Crippen molar-refractivity contribution in [2.45, 2.75) is 6.10 Å². The number of rotatable bonds is 3. The standard InChI is InChI=1S/C10H10N2O5/c1-16-6-2-3-7(8(4-6)12(14)15)9-5-11-10(13)17-9/h2-4,9H,5H2,1H3,(H,11,13). The summed E-state index contributed by atoms with van der Waals surface area (Å²) in [6.07, 6.45) is -1.20. The molecule has 1 atom stereocenters. The van der Waals surface area contributed by atoms with Crippen LogP contribution in [0.4, 0.5) is 10.5 Å². The summed E-state index contributed by atoms with van der Waals surface area (Å²) in [5.74, 6) is 0.387. The maximum atomic E-state index is 10.9. The second-order valence-corrected chi connectivity index (χ2v) is 3.46. The Morgan fingerprint density at radius 2 is 2.35 bits per heavy atom. The average Bonchev–Trinajstić information content (AvgIpc) is 2.75. The third kappa shape index (κ3) is 2.12. The number of hydrogen-bond donors (Lipinski definition) is 1. The highest BCUT2D eigenvalue weighted by atomic mass is 16.6. The molecule has 1 fully saturated rings. The summed E-state index contributed by atoms with van der Waals surface area (Å²) in [5.41, 5.74) is 0.236. The molecule has 7 nitrogen and oxygen atoms in total. The summed E-state index contributed by atoms with van der Waals surface area (Å²) in [7, 11) is 1.43. The molecular formula is C10H10N2O5. The molecule has 0 aliphatic carbocycles. The molecule has 0 radical (unpaired) electrons. The van der Waals surface area contributed by atoms with Gasteiger partial charge in [0.25, 0.3) is 5.69 Å². The van der Waals surface area contributed by atoms with Gasteiger partial charge in [-0.1, -0.05) is 0 Å². The Morgan fingerprint density at radius 1 is 1.59 bits per heavy atom. The van der Waals surface area contributed by atoms with Crippen LogP contribution in [-0.4, -0.2) is 24.7 Å². The molecule has 1 aromatic rings. The van der Waals surface area contributed by atoms with Gasteiger partial charge in [-0.05, 0) is 12.1 Å². The van der Waals surface area contributed by atoms with Gasteiger partial charge in [0.15, 0.2) is 6.10 Å². The average molecular weight is 238 g/mol. The van der Waals surface area contributed by atoms with Gasteiger partial charge in [-0.25, -0.2) is 4.79 Å². The van der Waals surface area contributed by atoms with E-state index in [0.29, 0.717) is 11.3 Å². The molecule has 1 amide bonds. The van der Waals surface area contributed by atoms with E-state index in [-0.39, 0.29) is 12.2 Å². The van der Waals surface area contributed by atoms with Gasteiger partial charge in [0, 0.05) is 0 Å². The van der Waals surface area contributed by atoms with Crippen LogP contribution in [-0.2, 0) is 4.74 Å². The fourth-order valence-corrected chi connectivity index (χ4v) is 1.64. The lowest BCUT2D eigenvalue weighted by atomic mass is 10.1. The van der Waals surface area contributed by atoms with Crippen molar-refractivity contribution < 1.29 is 19.2 Å². The Morgan fingerprint density at radius 3 is 2.88 bits per heavy atom. The molecule has 0 spiro atoms. The van der Waals surface area contributed by atoms with Gasteiger partial charge in [-0.15, -0.1) is 0 Å². The summed E-state index contributed by atoms with van der Waals surface area (Å²) >= 11 is 0. The first kappa shape index (κ1) is 11.2. The Hall–Kier alpha value is -2.31. The Balaban J connectivity index is 2.39. The number of amides is 1. The number of nitrogens with zero attached hydrogens (tertiary/aromatic N) is 1. The zero-order valence-corrected chi connectivity index (χ0v) is 9.00. The summed E-state index contributed by atoms with van der Waals surface area (Å²) in [6.45, 7) is 0.228. The Bertz CT molecular complexity index is 474. The molecule has 1 aliphatic rings. The van der Waals surface area contributed by atoms with Gasteiger partial charge in [0.05, 0.1) is 30.2 Å². The van der Waals surface area contributed by atoms with Crippen molar-refractivity contribution in [3.05, 3.63) is 33.9 Å². The topological polar surface area (TPSA) is 90.7 Å². The fourth-order valence-electron chi connectivity index (χ4n) is 1.64. The summed E-state index contributed by atoms with van der Waals surface area (Å²) in [5, 5.41) is 13.4. The number of carbonyl (C=O) groups is 1. The second-order valence-electron chi connectivity index (χ2n) is 3.46. The minimum absolute atomic E-state index is 0.120. The predicted molar refractivity (Wildman–Crippen MR) is 56.9 cm³/mol. The quantitative estimate of drug-likeness (QED) is 0.634. The van der Waals surface area contributed by atoms with Crippen LogP contribution >= 0.6 is 0 Å². The van der Waals surface area contributed by atoms with Crippen molar-refractivity contribution in [1.82, 2.24) is 5.32 Å². The first-order chi connectivity index (χ1) is 8.11. The van der Waals surface area contributed by atoms with Crippen LogP contribution in [0.3, 0.4) is 0 Å². The number of cyclic esters (lactones) is 1. The Kier molecular flexibility index (Phi) is 2.82. The Labute approximate surface area is 96.5 Å². The molecule has 1 saturated heterocycles. The van der Waals surface area contributed by atoms with E-state index < -0.39 is 17.1 Å². The summed E-state index contributed by atoms with van der Waals surface area (Å²) in [6, 6.07) is 4.43. The van der Waals surface area contributed by atoms with Crippen molar-refractivity contribution in [2.24, 2.45) is 0 Å². The van der Waals surface area contributed by atoms with Crippen LogP contribution in [0.5, 0.6) is 5.75 Å². The van der Waals surface area contributed by atoms with E-state index in [4.69, 9.17) is 9.47 Å². The highest BCUT2D eigenvalue weighted by Gasteiger charge is 2.30. The van der Waals surface area contributed by atoms with E-state index >= 15 is 0 Å². The fraction of sp³-hybridized carbons (Fsp3) is 0.300. The molecule has 0 saturated carbocycles. The first-order valence-electron chi connectivity index (χ1n) is 4.88. The molecule has 7 heteroatoms. The molecule has 1 unspecified atom stereocenters. The molecule has 0 aromatic heterocycles. The van der Waals surface area contributed by atoms with Gasteiger partial charge in [0.1, 0.15) is 5.75 Å². The number of nitro benzene ring substituents is 1. The molecule has 17 heavy (non-hydrogen) atoms. The summed E-state index contributed by atoms with van der Waals surface area (Å²) < 4.78 is 9.83. The van der Waals surface area contributed by atoms with Gasteiger partial charge in [0.2, 0.25) is 0 Å². The van der Waals surface area contributed by atoms with Crippen molar-refractivity contribution in [3.63, 3.8) is 0 Å². The van der Waals surface area contributed by atoms with Crippen molar-refractivity contribution in [2.75, 3.05) is 13.7 Å². The number of nitrogens with one attached hydrogen (secondary N) is 1. The third-order valence-corrected chi connectivity index (χ3v) is 2.46. The summed E-state index contributed by atoms with van der Waals surface area (Å²) in [4.78, 5) is 21.3. The SMILES string of the molecule is COc1ccc(C2CNC(=O)O2)c([N+](=O)[O-])c1. The number of carbonyl (C=O) groups excluding carboxylic acids is 1. The first-order valence-corrected chi connectivity index (χ1v) is 4.88. The van der Waals surface area contributed by atoms with Crippen LogP contribution in [0, 0.1) is 10.1 Å². The maximum absolute atomic E-state index is 10.9. The smallest absolute Gasteiger partial charge is 0.407 e. The number of benzene rings is 1. The zero-order chi connectivity index (χ0) is 12.4. The minimum atomic E-state index is -0.631. The second kappa shape index (κ2) is 4.28. The van der Waals surface area contributed by atoms with E-state index in [1.54, 1.807) is 6.07 Å². The van der Waals surface area contributed by atoms with E-state index in [0.717, 1.165) is 0 Å². The lowest BCUT2D eigenvalue weighted by Gasteiger charge is -2.09. The van der Waals surface area contributed by atoms with Crippen molar-refractivity contribution in [1.29, 1.82) is 0 Å². The number of ether oxygens (including phenoxy) is 2. The number of hydrogen-bond acceptors (Lipinski definition) is 5. The molecule has 1 heterocycles. The van der Waals surface area contributed by atoms with E-state index in [9.17, 15) is 14.9 Å². The monoisotopic (exact) mass is 238 g/mol. The van der Waals surface area contributed by atoms with Crippen molar-refractivity contribution >= 4 is 11.8 Å². The van der Waals surface area contributed by atoms with Gasteiger partial charge < -0.3 is 14.8 Å². The maximum Gasteiger partial charge on any atom is 0.407 e. The van der Waals surface area contributed by atoms with E-state index in [2.05, 4.69) is 5.32 Å². The van der Waals surface area contributed by atoms with Crippen molar-refractivity contribution in [3.8, 4) is 5.75 Å². The van der Waals surface area contributed by atoms with Gasteiger partial charge in [-0.3, -0.25) is 10.1 Å².